The van der Waals surface area contributed by atoms with Gasteiger partial charge < -0.3 is 10.1 Å². The maximum absolute atomic E-state index is 13.5. The number of hydrogen-bond acceptors (Lipinski definition) is 6. The number of nitrogens with zero attached hydrogens (tertiary/aromatic N) is 3. The molecule has 28 heavy (non-hydrogen) atoms. The van der Waals surface area contributed by atoms with Crippen LogP contribution in [-0.2, 0) is 9.53 Å². The number of ether oxygens (including phenoxy) is 1. The zero-order valence-corrected chi connectivity index (χ0v) is 16.2. The summed E-state index contributed by atoms with van der Waals surface area (Å²) < 4.78 is 20.0. The molecule has 0 unspecified atom stereocenters. The molecule has 0 bridgehead atoms. The molecule has 1 aromatic carbocycles. The van der Waals surface area contributed by atoms with Gasteiger partial charge in [-0.1, -0.05) is 12.1 Å². The van der Waals surface area contributed by atoms with Crippen LogP contribution < -0.4 is 5.32 Å². The van der Waals surface area contributed by atoms with E-state index in [1.807, 2.05) is 11.9 Å². The van der Waals surface area contributed by atoms with Gasteiger partial charge in [-0.15, -0.1) is 11.3 Å². The first-order valence-electron chi connectivity index (χ1n) is 8.77. The number of thiazole rings is 1. The van der Waals surface area contributed by atoms with E-state index in [0.717, 1.165) is 0 Å². The largest absolute Gasteiger partial charge is 0.468 e. The minimum atomic E-state index is -0.356. The Morgan fingerprint density at radius 3 is 2.96 bits per heavy atom. The molecule has 1 aliphatic heterocycles. The van der Waals surface area contributed by atoms with E-state index < -0.39 is 0 Å². The number of carbonyl (C=O) groups excluding carboxylic acids is 2. The van der Waals surface area contributed by atoms with E-state index in [9.17, 15) is 14.0 Å². The smallest absolute Gasteiger partial charge is 0.323 e. The van der Waals surface area contributed by atoms with Gasteiger partial charge in [0.05, 0.1) is 12.8 Å². The fraction of sp³-hybridized carbons (Fsp3) is 0.316. The third kappa shape index (κ3) is 3.38. The number of imidazole rings is 1. The van der Waals surface area contributed by atoms with Crippen LogP contribution in [0.4, 0.5) is 4.39 Å². The lowest BCUT2D eigenvalue weighted by Crippen LogP contribution is -2.37. The summed E-state index contributed by atoms with van der Waals surface area (Å²) in [5.74, 6) is -0.873. The van der Waals surface area contributed by atoms with E-state index >= 15 is 0 Å². The second-order valence-electron chi connectivity index (χ2n) is 6.79. The molecule has 0 spiro atoms. The highest BCUT2D eigenvalue weighted by atomic mass is 32.1. The molecule has 9 heteroatoms. The van der Waals surface area contributed by atoms with Crippen molar-refractivity contribution in [1.82, 2.24) is 19.6 Å². The Morgan fingerprint density at radius 2 is 2.21 bits per heavy atom. The van der Waals surface area contributed by atoms with Gasteiger partial charge in [-0.3, -0.25) is 18.9 Å². The molecule has 2 atom stereocenters. The maximum Gasteiger partial charge on any atom is 0.323 e. The van der Waals surface area contributed by atoms with Gasteiger partial charge in [0.25, 0.3) is 5.91 Å². The number of halogens is 1. The van der Waals surface area contributed by atoms with Gasteiger partial charge in [0, 0.05) is 29.7 Å². The summed E-state index contributed by atoms with van der Waals surface area (Å²) in [6.45, 7) is 0.567. The van der Waals surface area contributed by atoms with E-state index in [4.69, 9.17) is 4.74 Å². The van der Waals surface area contributed by atoms with Gasteiger partial charge >= 0.3 is 5.97 Å². The summed E-state index contributed by atoms with van der Waals surface area (Å²) >= 11 is 1.34. The lowest BCUT2D eigenvalue weighted by molar-refractivity contribution is -0.145. The Bertz CT molecular complexity index is 1050. The first-order valence-corrected chi connectivity index (χ1v) is 9.65. The van der Waals surface area contributed by atoms with E-state index in [-0.39, 0.29) is 29.8 Å². The highest BCUT2D eigenvalue weighted by Crippen LogP contribution is 2.25. The average molecular weight is 402 g/mol. The van der Waals surface area contributed by atoms with Gasteiger partial charge in [0.2, 0.25) is 0 Å². The first kappa shape index (κ1) is 18.6. The van der Waals surface area contributed by atoms with E-state index in [0.29, 0.717) is 34.9 Å². The van der Waals surface area contributed by atoms with Crippen LogP contribution in [0, 0.1) is 5.82 Å². The van der Waals surface area contributed by atoms with Gasteiger partial charge in [-0.2, -0.15) is 0 Å². The SMILES string of the molecule is COC(=O)[C@@H]1C[C@H](NC(=O)c2csc3nc(-c4cccc(F)c4)cn23)CN1C. The zero-order valence-electron chi connectivity index (χ0n) is 15.4. The molecule has 4 rings (SSSR count). The predicted molar refractivity (Wildman–Crippen MR) is 103 cm³/mol. The van der Waals surface area contributed by atoms with Crippen LogP contribution in [0.25, 0.3) is 16.2 Å². The third-order valence-corrected chi connectivity index (χ3v) is 5.76. The van der Waals surface area contributed by atoms with Crippen molar-refractivity contribution in [2.24, 2.45) is 0 Å². The minimum absolute atomic E-state index is 0.150. The molecule has 1 amide bonds. The lowest BCUT2D eigenvalue weighted by atomic mass is 10.1. The van der Waals surface area contributed by atoms with Crippen LogP contribution in [0.1, 0.15) is 16.9 Å². The van der Waals surface area contributed by atoms with Crippen molar-refractivity contribution in [3.8, 4) is 11.3 Å². The van der Waals surface area contributed by atoms with Gasteiger partial charge in [0.1, 0.15) is 17.6 Å². The number of amides is 1. The molecule has 146 valence electrons. The molecular formula is C19H19FN4O3S. The third-order valence-electron chi connectivity index (χ3n) is 4.92. The Morgan fingerprint density at radius 1 is 1.39 bits per heavy atom. The van der Waals surface area contributed by atoms with Crippen molar-refractivity contribution in [3.05, 3.63) is 47.4 Å². The number of likely N-dealkylation sites (tertiary alicyclic amines) is 1. The van der Waals surface area contributed by atoms with Gasteiger partial charge in [-0.25, -0.2) is 9.37 Å². The number of nitrogens with one attached hydrogen (secondary N) is 1. The number of likely N-dealkylation sites (N-methyl/N-ethyl adjacent to an activating group) is 1. The molecule has 3 aromatic rings. The quantitative estimate of drug-likeness (QED) is 0.677. The molecule has 3 heterocycles. The van der Waals surface area contributed by atoms with Crippen molar-refractivity contribution in [3.63, 3.8) is 0 Å². The number of rotatable bonds is 4. The minimum Gasteiger partial charge on any atom is -0.468 e. The second kappa shape index (κ2) is 7.33. The highest BCUT2D eigenvalue weighted by molar-refractivity contribution is 7.15. The summed E-state index contributed by atoms with van der Waals surface area (Å²) in [7, 11) is 3.19. The maximum atomic E-state index is 13.5. The molecule has 1 N–H and O–H groups in total. The molecule has 0 saturated carbocycles. The first-order chi connectivity index (χ1) is 13.5. The average Bonchev–Trinajstić information content (AvgIpc) is 3.34. The van der Waals surface area contributed by atoms with E-state index in [2.05, 4.69) is 10.3 Å². The van der Waals surface area contributed by atoms with E-state index in [1.54, 1.807) is 28.1 Å². The van der Waals surface area contributed by atoms with Crippen LogP contribution in [0.5, 0.6) is 0 Å². The molecule has 1 fully saturated rings. The van der Waals surface area contributed by atoms with Crippen LogP contribution >= 0.6 is 11.3 Å². The second-order valence-corrected chi connectivity index (χ2v) is 7.63. The Hall–Kier alpha value is -2.78. The normalized spacial score (nSPS) is 19.8. The number of hydrogen-bond donors (Lipinski definition) is 1. The summed E-state index contributed by atoms with van der Waals surface area (Å²) in [6.07, 6.45) is 2.23. The number of aromatic nitrogens is 2. The fourth-order valence-corrected chi connectivity index (χ4v) is 4.36. The summed E-state index contributed by atoms with van der Waals surface area (Å²) in [4.78, 5) is 31.6. The summed E-state index contributed by atoms with van der Waals surface area (Å²) in [5, 5.41) is 4.72. The van der Waals surface area contributed by atoms with Crippen molar-refractivity contribution < 1.29 is 18.7 Å². The van der Waals surface area contributed by atoms with Crippen molar-refractivity contribution in [2.45, 2.75) is 18.5 Å². The number of carbonyl (C=O) groups is 2. The van der Waals surface area contributed by atoms with Gasteiger partial charge in [0.15, 0.2) is 4.96 Å². The van der Waals surface area contributed by atoms with Crippen LogP contribution in [0.3, 0.4) is 0 Å². The summed E-state index contributed by atoms with van der Waals surface area (Å²) in [5.41, 5.74) is 1.71. The Balaban J connectivity index is 1.53. The predicted octanol–water partition coefficient (Wildman–Crippen LogP) is 2.18. The molecule has 7 nitrogen and oxygen atoms in total. The van der Waals surface area contributed by atoms with Crippen molar-refractivity contribution in [1.29, 1.82) is 0 Å². The molecule has 1 saturated heterocycles. The summed E-state index contributed by atoms with van der Waals surface area (Å²) in [6, 6.07) is 5.68. The Labute approximate surface area is 164 Å². The molecule has 0 radical (unpaired) electrons. The lowest BCUT2D eigenvalue weighted by Gasteiger charge is -2.15. The van der Waals surface area contributed by atoms with Gasteiger partial charge in [-0.05, 0) is 25.6 Å². The van der Waals surface area contributed by atoms with Crippen molar-refractivity contribution >= 4 is 28.2 Å². The Kier molecular flexibility index (Phi) is 4.86. The standard InChI is InChI=1S/C19H19FN4O3S/c1-23-8-13(7-15(23)18(26)27-2)21-17(25)16-10-28-19-22-14(9-24(16)19)11-4-3-5-12(20)6-11/h3-6,9-10,13,15H,7-8H2,1-2H3,(H,21,25)/t13-,15-/m0/s1. The monoisotopic (exact) mass is 402 g/mol. The fourth-order valence-electron chi connectivity index (χ4n) is 3.51. The molecule has 2 aromatic heterocycles. The number of fused-ring (bicyclic) bond motifs is 1. The number of methoxy groups -OCH3 is 1. The van der Waals surface area contributed by atoms with E-state index in [1.165, 1.54) is 30.6 Å². The molecule has 0 aliphatic carbocycles. The number of benzene rings is 1. The highest BCUT2D eigenvalue weighted by Gasteiger charge is 2.36. The van der Waals surface area contributed by atoms with Crippen LogP contribution in [0.2, 0.25) is 0 Å². The van der Waals surface area contributed by atoms with Crippen LogP contribution in [0.15, 0.2) is 35.8 Å². The number of esters is 1. The zero-order chi connectivity index (χ0) is 19.8. The topological polar surface area (TPSA) is 75.9 Å². The van der Waals surface area contributed by atoms with Crippen LogP contribution in [-0.4, -0.2) is 58.9 Å². The molecular weight excluding hydrogens is 383 g/mol. The van der Waals surface area contributed by atoms with Crippen molar-refractivity contribution in [2.75, 3.05) is 20.7 Å². The molecule has 1 aliphatic rings.